The van der Waals surface area contributed by atoms with Gasteiger partial charge in [-0.25, -0.2) is 0 Å². The van der Waals surface area contributed by atoms with E-state index in [1.165, 1.54) is 96.8 Å². The summed E-state index contributed by atoms with van der Waals surface area (Å²) in [4.78, 5) is 11.4. The minimum Gasteiger partial charge on any atom is -0.458 e. The number of benzene rings is 1. The number of carbonyl (C=O) groups is 1. The Morgan fingerprint density at radius 2 is 1.14 bits per heavy atom. The maximum Gasteiger partial charge on any atom is 0.303 e. The summed E-state index contributed by atoms with van der Waals surface area (Å²) in [5.74, 6) is -0.185. The van der Waals surface area contributed by atoms with E-state index in [1.807, 2.05) is 18.2 Å². The molecule has 2 heteroatoms. The smallest absolute Gasteiger partial charge is 0.303 e. The van der Waals surface area contributed by atoms with Gasteiger partial charge in [0.2, 0.25) is 0 Å². The van der Waals surface area contributed by atoms with Crippen molar-refractivity contribution in [2.75, 3.05) is 0 Å². The normalized spacial score (nSPS) is 12.1. The highest BCUT2D eigenvalue weighted by Crippen LogP contribution is 2.24. The Labute approximate surface area is 174 Å². The van der Waals surface area contributed by atoms with Gasteiger partial charge in [0.25, 0.3) is 0 Å². The third-order valence-corrected chi connectivity index (χ3v) is 5.55. The standard InChI is InChI=1S/C26H44O2/c1-3-4-5-6-7-8-9-10-11-12-13-14-15-16-20-23-26(28-24(2)27)25-21-18-17-19-22-25/h17-19,21-22,26H,3-16,20,23H2,1-2H3/t26-/m1/s1. The van der Waals surface area contributed by atoms with Gasteiger partial charge in [0, 0.05) is 6.92 Å². The molecule has 1 rings (SSSR count). The molecule has 0 aliphatic heterocycles. The zero-order valence-corrected chi connectivity index (χ0v) is 18.6. The topological polar surface area (TPSA) is 26.3 Å². The van der Waals surface area contributed by atoms with Gasteiger partial charge >= 0.3 is 5.97 Å². The minimum absolute atomic E-state index is 0.0827. The molecule has 160 valence electrons. The molecular weight excluding hydrogens is 344 g/mol. The van der Waals surface area contributed by atoms with Crippen LogP contribution in [0.25, 0.3) is 0 Å². The van der Waals surface area contributed by atoms with E-state index in [-0.39, 0.29) is 12.1 Å². The van der Waals surface area contributed by atoms with Crippen LogP contribution in [0, 0.1) is 0 Å². The van der Waals surface area contributed by atoms with E-state index in [1.54, 1.807) is 0 Å². The highest BCUT2D eigenvalue weighted by atomic mass is 16.5. The Morgan fingerprint density at radius 3 is 1.57 bits per heavy atom. The molecule has 0 saturated carbocycles. The largest absolute Gasteiger partial charge is 0.458 e. The lowest BCUT2D eigenvalue weighted by atomic mass is 10.0. The van der Waals surface area contributed by atoms with Crippen molar-refractivity contribution >= 4 is 5.97 Å². The molecule has 0 radical (unpaired) electrons. The van der Waals surface area contributed by atoms with Crippen molar-refractivity contribution in [2.24, 2.45) is 0 Å². The van der Waals surface area contributed by atoms with Crippen LogP contribution in [0.3, 0.4) is 0 Å². The summed E-state index contributed by atoms with van der Waals surface area (Å²) in [7, 11) is 0. The molecule has 1 aromatic carbocycles. The van der Waals surface area contributed by atoms with Crippen LogP contribution in [-0.2, 0) is 9.53 Å². The van der Waals surface area contributed by atoms with Crippen LogP contribution >= 0.6 is 0 Å². The van der Waals surface area contributed by atoms with Crippen molar-refractivity contribution in [1.82, 2.24) is 0 Å². The molecule has 0 saturated heterocycles. The fraction of sp³-hybridized carbons (Fsp3) is 0.731. The quantitative estimate of drug-likeness (QED) is 0.186. The van der Waals surface area contributed by atoms with Crippen molar-refractivity contribution in [3.8, 4) is 0 Å². The molecule has 1 atom stereocenters. The fourth-order valence-corrected chi connectivity index (χ4v) is 3.86. The molecule has 0 aliphatic carbocycles. The first-order valence-electron chi connectivity index (χ1n) is 12.0. The number of carbonyl (C=O) groups excluding carboxylic acids is 1. The minimum atomic E-state index is -0.185. The van der Waals surface area contributed by atoms with Crippen LogP contribution in [0.1, 0.15) is 128 Å². The maximum absolute atomic E-state index is 11.4. The fourth-order valence-electron chi connectivity index (χ4n) is 3.86. The van der Waals surface area contributed by atoms with Gasteiger partial charge in [-0.1, -0.05) is 127 Å². The zero-order valence-electron chi connectivity index (χ0n) is 18.6. The third-order valence-electron chi connectivity index (χ3n) is 5.55. The van der Waals surface area contributed by atoms with Crippen LogP contribution in [0.2, 0.25) is 0 Å². The van der Waals surface area contributed by atoms with E-state index < -0.39 is 0 Å². The van der Waals surface area contributed by atoms with Gasteiger partial charge < -0.3 is 4.74 Å². The van der Waals surface area contributed by atoms with E-state index in [9.17, 15) is 4.79 Å². The number of unbranched alkanes of at least 4 members (excludes halogenated alkanes) is 14. The lowest BCUT2D eigenvalue weighted by Gasteiger charge is -2.17. The Bertz CT molecular complexity index is 469. The molecule has 0 bridgehead atoms. The first kappa shape index (κ1) is 24.7. The summed E-state index contributed by atoms with van der Waals surface area (Å²) in [6.07, 6.45) is 21.4. The summed E-state index contributed by atoms with van der Waals surface area (Å²) >= 11 is 0. The third kappa shape index (κ3) is 13.8. The molecule has 0 N–H and O–H groups in total. The second kappa shape index (κ2) is 17.8. The SMILES string of the molecule is CCCCCCCCCCCCCCCCC[C@@H](OC(C)=O)c1ccccc1. The van der Waals surface area contributed by atoms with Gasteiger partial charge in [-0.15, -0.1) is 0 Å². The van der Waals surface area contributed by atoms with Gasteiger partial charge in [-0.05, 0) is 18.4 Å². The average Bonchev–Trinajstić information content (AvgIpc) is 2.70. The van der Waals surface area contributed by atoms with Gasteiger partial charge in [0.1, 0.15) is 6.10 Å². The highest BCUT2D eigenvalue weighted by molar-refractivity contribution is 5.66. The monoisotopic (exact) mass is 388 g/mol. The Morgan fingerprint density at radius 1 is 0.714 bits per heavy atom. The van der Waals surface area contributed by atoms with E-state index in [4.69, 9.17) is 4.74 Å². The maximum atomic E-state index is 11.4. The summed E-state index contributed by atoms with van der Waals surface area (Å²) in [6.45, 7) is 3.78. The summed E-state index contributed by atoms with van der Waals surface area (Å²) in [5.41, 5.74) is 1.11. The predicted molar refractivity (Wildman–Crippen MR) is 120 cm³/mol. The van der Waals surface area contributed by atoms with Crippen LogP contribution in [0.15, 0.2) is 30.3 Å². The number of hydrogen-bond donors (Lipinski definition) is 0. The Kier molecular flexibility index (Phi) is 15.7. The van der Waals surface area contributed by atoms with Crippen molar-refractivity contribution in [3.05, 3.63) is 35.9 Å². The summed E-state index contributed by atoms with van der Waals surface area (Å²) in [6, 6.07) is 10.1. The predicted octanol–water partition coefficient (Wildman–Crippen LogP) is 8.55. The molecule has 1 aromatic rings. The molecule has 28 heavy (non-hydrogen) atoms. The molecule has 2 nitrogen and oxygen atoms in total. The molecule has 0 heterocycles. The van der Waals surface area contributed by atoms with Crippen molar-refractivity contribution in [3.63, 3.8) is 0 Å². The lowest BCUT2D eigenvalue weighted by molar-refractivity contribution is -0.147. The second-order valence-corrected chi connectivity index (χ2v) is 8.25. The average molecular weight is 389 g/mol. The van der Waals surface area contributed by atoms with E-state index in [2.05, 4.69) is 19.1 Å². The van der Waals surface area contributed by atoms with Crippen LogP contribution in [-0.4, -0.2) is 5.97 Å². The highest BCUT2D eigenvalue weighted by Gasteiger charge is 2.13. The number of rotatable bonds is 18. The molecule has 0 aromatic heterocycles. The first-order valence-corrected chi connectivity index (χ1v) is 12.0. The Balaban J connectivity index is 1.94. The molecule has 0 unspecified atom stereocenters. The van der Waals surface area contributed by atoms with Gasteiger partial charge in [0.15, 0.2) is 0 Å². The summed E-state index contributed by atoms with van der Waals surface area (Å²) < 4.78 is 5.52. The molecule has 0 fully saturated rings. The molecule has 0 spiro atoms. The van der Waals surface area contributed by atoms with Gasteiger partial charge in [0.05, 0.1) is 0 Å². The molecule has 0 aliphatic rings. The van der Waals surface area contributed by atoms with E-state index in [0.29, 0.717) is 0 Å². The van der Waals surface area contributed by atoms with E-state index in [0.717, 1.165) is 18.4 Å². The van der Waals surface area contributed by atoms with E-state index >= 15 is 0 Å². The first-order chi connectivity index (χ1) is 13.7. The summed E-state index contributed by atoms with van der Waals surface area (Å²) in [5, 5.41) is 0. The van der Waals surface area contributed by atoms with Crippen molar-refractivity contribution in [1.29, 1.82) is 0 Å². The Hall–Kier alpha value is -1.31. The van der Waals surface area contributed by atoms with Gasteiger partial charge in [-0.3, -0.25) is 4.79 Å². The van der Waals surface area contributed by atoms with Crippen LogP contribution in [0.4, 0.5) is 0 Å². The van der Waals surface area contributed by atoms with Crippen LogP contribution in [0.5, 0.6) is 0 Å². The van der Waals surface area contributed by atoms with Crippen LogP contribution < -0.4 is 0 Å². The number of esters is 1. The number of ether oxygens (including phenoxy) is 1. The van der Waals surface area contributed by atoms with Gasteiger partial charge in [-0.2, -0.15) is 0 Å². The molecular formula is C26H44O2. The van der Waals surface area contributed by atoms with Crippen molar-refractivity contribution < 1.29 is 9.53 Å². The molecule has 0 amide bonds. The number of hydrogen-bond acceptors (Lipinski definition) is 2. The van der Waals surface area contributed by atoms with Crippen molar-refractivity contribution in [2.45, 2.75) is 123 Å². The lowest BCUT2D eigenvalue weighted by Crippen LogP contribution is -2.08. The zero-order chi connectivity index (χ0) is 20.3. The second-order valence-electron chi connectivity index (χ2n) is 8.25.